The monoisotopic (exact) mass is 768 g/mol. The first-order valence-corrected chi connectivity index (χ1v) is 21.6. The van der Waals surface area contributed by atoms with Crippen LogP contribution in [0.5, 0.6) is 5.75 Å². The van der Waals surface area contributed by atoms with Gasteiger partial charge in [-0.1, -0.05) is 43.7 Å². The summed E-state index contributed by atoms with van der Waals surface area (Å²) in [6.07, 6.45) is 9.84. The Balaban J connectivity index is 1.41. The van der Waals surface area contributed by atoms with Gasteiger partial charge in [0.2, 0.25) is 10.0 Å². The lowest BCUT2D eigenvalue weighted by Crippen LogP contribution is -2.63. The van der Waals surface area contributed by atoms with Crippen LogP contribution in [0.1, 0.15) is 95.1 Å². The summed E-state index contributed by atoms with van der Waals surface area (Å²) < 4.78 is 43.0. The van der Waals surface area contributed by atoms with Crippen LogP contribution in [0.4, 0.5) is 5.69 Å². The molecule has 1 saturated carbocycles. The number of sulfonamides is 1. The van der Waals surface area contributed by atoms with Gasteiger partial charge in [-0.15, -0.1) is 0 Å². The van der Waals surface area contributed by atoms with Gasteiger partial charge in [0.1, 0.15) is 18.0 Å². The number of rotatable bonds is 4. The van der Waals surface area contributed by atoms with Gasteiger partial charge in [-0.3, -0.25) is 14.6 Å². The van der Waals surface area contributed by atoms with Crippen molar-refractivity contribution in [2.75, 3.05) is 51.3 Å². The van der Waals surface area contributed by atoms with Crippen molar-refractivity contribution in [3.63, 3.8) is 0 Å². The Morgan fingerprint density at radius 1 is 1.06 bits per heavy atom. The molecule has 1 saturated heterocycles. The number of methoxy groups -OCH3 is 1. The lowest BCUT2D eigenvalue weighted by Gasteiger charge is -2.58. The summed E-state index contributed by atoms with van der Waals surface area (Å²) in [5.41, 5.74) is 2.73. The number of hydrogen-bond acceptors (Lipinski definition) is 8. The molecule has 9 nitrogen and oxygen atoms in total. The minimum atomic E-state index is -3.96. The topological polar surface area (TPSA) is 91.4 Å². The fraction of sp³-hybridized carbons (Fsp3) is 0.643. The number of halogens is 1. The number of carbonyl (C=O) groups excluding carboxylic acids is 1. The molecule has 6 atom stereocenters. The van der Waals surface area contributed by atoms with E-state index in [2.05, 4.69) is 59.3 Å². The lowest BCUT2D eigenvalue weighted by molar-refractivity contribution is -0.131. The molecule has 1 N–H and O–H groups in total. The third kappa shape index (κ3) is 8.62. The number of fused-ring (bicyclic) bond motifs is 3. The van der Waals surface area contributed by atoms with Crippen LogP contribution in [0, 0.1) is 17.3 Å². The largest absolute Gasteiger partial charge is 0.487 e. The number of hydrogen-bond donors (Lipinski definition) is 1. The number of benzene rings is 2. The average molecular weight is 769 g/mol. The van der Waals surface area contributed by atoms with E-state index in [-0.39, 0.29) is 17.3 Å². The van der Waals surface area contributed by atoms with Crippen molar-refractivity contribution in [3.8, 4) is 5.75 Å². The first kappa shape index (κ1) is 40.0. The highest BCUT2D eigenvalue weighted by atomic mass is 35.5. The molecule has 0 aromatic heterocycles. The Bertz CT molecular complexity index is 1770. The molecule has 1 aliphatic carbocycles. The third-order valence-electron chi connectivity index (χ3n) is 12.9. The van der Waals surface area contributed by atoms with Gasteiger partial charge in [0.15, 0.2) is 0 Å². The van der Waals surface area contributed by atoms with Gasteiger partial charge < -0.3 is 14.4 Å². The number of anilines is 1. The van der Waals surface area contributed by atoms with Crippen molar-refractivity contribution in [1.29, 1.82) is 0 Å². The SMILES string of the molecule is CO[C@]1(CN2CCN(C(C)C)[C@H](C)C2)/C=C/C[C@H](C)[C@@H](C)S(=O)(=O)NC(=O)c2ccc3c(c2)N(CCCCc2cc(Cl)ccc2CO3)CC2(C)CC[C@H]21. The molecule has 3 aliphatic heterocycles. The Morgan fingerprint density at radius 3 is 2.55 bits per heavy atom. The molecule has 2 bridgehead atoms. The predicted octanol–water partition coefficient (Wildman–Crippen LogP) is 7.32. The molecule has 292 valence electrons. The minimum absolute atomic E-state index is 0.1000. The molecule has 2 fully saturated rings. The highest BCUT2D eigenvalue weighted by Crippen LogP contribution is 2.55. The van der Waals surface area contributed by atoms with E-state index in [9.17, 15) is 13.2 Å². The van der Waals surface area contributed by atoms with Crippen molar-refractivity contribution < 1.29 is 22.7 Å². The zero-order valence-corrected chi connectivity index (χ0v) is 34.4. The maximum absolute atomic E-state index is 13.7. The van der Waals surface area contributed by atoms with Gasteiger partial charge in [-0.05, 0) is 125 Å². The van der Waals surface area contributed by atoms with Crippen LogP contribution in [0.25, 0.3) is 0 Å². The highest BCUT2D eigenvalue weighted by Gasteiger charge is 2.55. The van der Waals surface area contributed by atoms with Crippen LogP contribution in [-0.4, -0.2) is 93.4 Å². The minimum Gasteiger partial charge on any atom is -0.487 e. The third-order valence-corrected chi connectivity index (χ3v) is 15.1. The molecule has 6 rings (SSSR count). The summed E-state index contributed by atoms with van der Waals surface area (Å²) in [7, 11) is -2.11. The number of nitrogens with zero attached hydrogens (tertiary/aromatic N) is 3. The van der Waals surface area contributed by atoms with Crippen LogP contribution in [0.2, 0.25) is 5.02 Å². The highest BCUT2D eigenvalue weighted by molar-refractivity contribution is 7.90. The van der Waals surface area contributed by atoms with Gasteiger partial charge in [0.25, 0.3) is 5.91 Å². The second-order valence-electron chi connectivity index (χ2n) is 16.9. The normalized spacial score (nSPS) is 32.3. The van der Waals surface area contributed by atoms with Crippen LogP contribution >= 0.6 is 11.6 Å². The molecule has 1 amide bonds. The van der Waals surface area contributed by atoms with Gasteiger partial charge in [-0.25, -0.2) is 13.1 Å². The van der Waals surface area contributed by atoms with E-state index in [0.29, 0.717) is 36.4 Å². The van der Waals surface area contributed by atoms with Gasteiger partial charge >= 0.3 is 0 Å². The molecule has 0 radical (unpaired) electrons. The summed E-state index contributed by atoms with van der Waals surface area (Å²) in [5, 5.41) is -0.0663. The van der Waals surface area contributed by atoms with Gasteiger partial charge in [-0.2, -0.15) is 0 Å². The summed E-state index contributed by atoms with van der Waals surface area (Å²) in [6, 6.07) is 12.2. The molecule has 4 aliphatic rings. The first-order chi connectivity index (χ1) is 25.1. The number of piperazine rings is 1. The Labute approximate surface area is 323 Å². The molecule has 11 heteroatoms. The predicted molar refractivity (Wildman–Crippen MR) is 214 cm³/mol. The van der Waals surface area contributed by atoms with E-state index < -0.39 is 26.8 Å². The van der Waals surface area contributed by atoms with Crippen molar-refractivity contribution >= 4 is 33.2 Å². The van der Waals surface area contributed by atoms with Crippen molar-refractivity contribution in [1.82, 2.24) is 14.5 Å². The fourth-order valence-corrected chi connectivity index (χ4v) is 10.9. The first-order valence-electron chi connectivity index (χ1n) is 19.7. The molecule has 0 spiro atoms. The molecule has 2 aromatic rings. The van der Waals surface area contributed by atoms with Crippen LogP contribution in [0.3, 0.4) is 0 Å². The lowest BCUT2D eigenvalue weighted by atomic mass is 9.54. The van der Waals surface area contributed by atoms with E-state index in [1.54, 1.807) is 13.0 Å². The van der Waals surface area contributed by atoms with Crippen LogP contribution in [-0.2, 0) is 27.8 Å². The standard InChI is InChI=1S/C42H61ClN4O5S/c1-29(2)47-22-21-45(25-31(47)4)28-42(51-7)18-10-11-30(3)32(5)53(49,50)44-40(48)34-14-16-38-37(24-34)46(27-41(6)19-17-39(41)42)20-9-8-12-33-23-36(43)15-13-35(33)26-52-38/h10,13-16,18,23-24,29-32,39H,8-9,11-12,17,19-22,25-28H2,1-7H3,(H,44,48)/b18-10+/t30-,31+,32+,39+,41?,42-/m0/s1. The number of aryl methyl sites for hydroxylation is 1. The molecule has 53 heavy (non-hydrogen) atoms. The quantitative estimate of drug-likeness (QED) is 0.324. The molecular weight excluding hydrogens is 708 g/mol. The average Bonchev–Trinajstić information content (AvgIpc) is 3.13. The maximum atomic E-state index is 13.7. The molecular formula is C42H61ClN4O5S. The zero-order chi connectivity index (χ0) is 38.1. The number of amides is 1. The van der Waals surface area contributed by atoms with Crippen molar-refractivity contribution in [3.05, 3.63) is 70.3 Å². The van der Waals surface area contributed by atoms with Gasteiger partial charge in [0, 0.05) is 69.0 Å². The number of carbonyl (C=O) groups is 1. The van der Waals surface area contributed by atoms with Gasteiger partial charge in [0.05, 0.1) is 10.9 Å². The second kappa shape index (κ2) is 16.2. The Hall–Kier alpha value is -2.63. The van der Waals surface area contributed by atoms with E-state index in [4.69, 9.17) is 21.1 Å². The molecule has 1 unspecified atom stereocenters. The van der Waals surface area contributed by atoms with E-state index in [1.165, 1.54) is 5.56 Å². The summed E-state index contributed by atoms with van der Waals surface area (Å²) >= 11 is 6.42. The molecule has 2 aromatic carbocycles. The van der Waals surface area contributed by atoms with Crippen LogP contribution < -0.4 is 14.4 Å². The molecule has 3 heterocycles. The van der Waals surface area contributed by atoms with E-state index in [1.807, 2.05) is 44.4 Å². The van der Waals surface area contributed by atoms with E-state index >= 15 is 0 Å². The second-order valence-corrected chi connectivity index (χ2v) is 19.4. The summed E-state index contributed by atoms with van der Waals surface area (Å²) in [5.74, 6) is 0.0429. The van der Waals surface area contributed by atoms with Crippen molar-refractivity contribution in [2.24, 2.45) is 17.3 Å². The van der Waals surface area contributed by atoms with E-state index in [0.717, 1.165) is 87.6 Å². The zero-order valence-electron chi connectivity index (χ0n) is 32.9. The van der Waals surface area contributed by atoms with Crippen LogP contribution in [0.15, 0.2) is 48.6 Å². The Kier molecular flexibility index (Phi) is 12.3. The number of allylic oxidation sites excluding steroid dienone is 1. The number of nitrogens with one attached hydrogen (secondary N) is 1. The smallest absolute Gasteiger partial charge is 0.264 e. The fourth-order valence-electron chi connectivity index (χ4n) is 9.42. The summed E-state index contributed by atoms with van der Waals surface area (Å²) in [4.78, 5) is 21.2. The Morgan fingerprint density at radius 2 is 1.85 bits per heavy atom. The van der Waals surface area contributed by atoms with Crippen molar-refractivity contribution in [2.45, 2.75) is 110 Å². The summed E-state index contributed by atoms with van der Waals surface area (Å²) in [6.45, 7) is 18.5. The maximum Gasteiger partial charge on any atom is 0.264 e. The number of ether oxygens (including phenoxy) is 2.